The molecule has 0 amide bonds. The second-order valence-electron chi connectivity index (χ2n) is 7.26. The monoisotopic (exact) mass is 410 g/mol. The first-order valence-electron chi connectivity index (χ1n) is 9.92. The van der Waals surface area contributed by atoms with Crippen LogP contribution in [0.3, 0.4) is 0 Å². The molecule has 0 atom stereocenters. The summed E-state index contributed by atoms with van der Waals surface area (Å²) < 4.78 is 10.9. The van der Waals surface area contributed by atoms with Crippen LogP contribution in [-0.2, 0) is 0 Å². The van der Waals surface area contributed by atoms with Crippen LogP contribution in [0, 0.1) is 6.92 Å². The summed E-state index contributed by atoms with van der Waals surface area (Å²) in [5, 5.41) is 1.00. The van der Waals surface area contributed by atoms with E-state index in [-0.39, 0.29) is 5.63 Å². The van der Waals surface area contributed by atoms with Crippen molar-refractivity contribution in [2.45, 2.75) is 11.8 Å². The summed E-state index contributed by atoms with van der Waals surface area (Å²) in [6.45, 7) is 7.09. The van der Waals surface area contributed by atoms with Crippen molar-refractivity contribution in [1.82, 2.24) is 4.90 Å². The van der Waals surface area contributed by atoms with Crippen LogP contribution in [0.15, 0.2) is 62.6 Å². The Balaban J connectivity index is 1.30. The molecule has 0 unspecified atom stereocenters. The van der Waals surface area contributed by atoms with Crippen LogP contribution in [0.25, 0.3) is 11.0 Å². The maximum Gasteiger partial charge on any atom is 0.336 e. The fourth-order valence-electron chi connectivity index (χ4n) is 3.79. The summed E-state index contributed by atoms with van der Waals surface area (Å²) in [7, 11) is 1.73. The number of anilines is 1. The van der Waals surface area contributed by atoms with E-state index in [1.165, 1.54) is 5.69 Å². The molecule has 4 rings (SSSR count). The molecule has 0 bridgehead atoms. The van der Waals surface area contributed by atoms with Crippen LogP contribution in [-0.4, -0.2) is 50.5 Å². The van der Waals surface area contributed by atoms with Gasteiger partial charge in [-0.1, -0.05) is 12.1 Å². The van der Waals surface area contributed by atoms with Gasteiger partial charge in [0.15, 0.2) is 0 Å². The summed E-state index contributed by atoms with van der Waals surface area (Å²) in [6, 6.07) is 15.9. The van der Waals surface area contributed by atoms with Gasteiger partial charge in [0.1, 0.15) is 11.3 Å². The largest absolute Gasteiger partial charge is 0.495 e. The number of rotatable bonds is 6. The van der Waals surface area contributed by atoms with Gasteiger partial charge in [0.25, 0.3) is 0 Å². The van der Waals surface area contributed by atoms with Crippen molar-refractivity contribution in [3.63, 3.8) is 0 Å². The van der Waals surface area contributed by atoms with Crippen LogP contribution in [0.2, 0.25) is 0 Å². The summed E-state index contributed by atoms with van der Waals surface area (Å²) in [5.41, 5.74) is 2.52. The predicted octanol–water partition coefficient (Wildman–Crippen LogP) is 4.02. The number of ether oxygens (including phenoxy) is 1. The molecule has 0 N–H and O–H groups in total. The first-order chi connectivity index (χ1) is 14.1. The average Bonchev–Trinajstić information content (AvgIpc) is 2.74. The van der Waals surface area contributed by atoms with Crippen molar-refractivity contribution in [3.05, 3.63) is 64.5 Å². The smallest absolute Gasteiger partial charge is 0.336 e. The molecule has 1 saturated heterocycles. The molecule has 2 heterocycles. The minimum atomic E-state index is -0.287. The minimum absolute atomic E-state index is 0.287. The van der Waals surface area contributed by atoms with E-state index in [1.807, 2.05) is 31.2 Å². The first-order valence-corrected chi connectivity index (χ1v) is 10.9. The van der Waals surface area contributed by atoms with Crippen LogP contribution in [0.4, 0.5) is 5.69 Å². The molecule has 1 fully saturated rings. The van der Waals surface area contributed by atoms with Crippen LogP contribution in [0.5, 0.6) is 5.75 Å². The Kier molecular flexibility index (Phi) is 6.11. The molecule has 29 heavy (non-hydrogen) atoms. The van der Waals surface area contributed by atoms with Crippen molar-refractivity contribution in [1.29, 1.82) is 0 Å². The van der Waals surface area contributed by atoms with Crippen molar-refractivity contribution >= 4 is 28.4 Å². The summed E-state index contributed by atoms with van der Waals surface area (Å²) in [4.78, 5) is 17.7. The van der Waals surface area contributed by atoms with E-state index < -0.39 is 0 Å². The Morgan fingerprint density at radius 1 is 1.07 bits per heavy atom. The van der Waals surface area contributed by atoms with Gasteiger partial charge in [0, 0.05) is 54.8 Å². The molecule has 1 aliphatic rings. The lowest BCUT2D eigenvalue weighted by Crippen LogP contribution is -2.47. The Morgan fingerprint density at radius 3 is 2.66 bits per heavy atom. The molecule has 0 saturated carbocycles. The SMILES string of the molecule is COc1ccccc1N1CCN(CCSc2ccc3c(C)cc(=O)oc3c2)CC1. The Morgan fingerprint density at radius 2 is 1.86 bits per heavy atom. The molecule has 1 aromatic heterocycles. The van der Waals surface area contributed by atoms with Crippen molar-refractivity contribution in [2.75, 3.05) is 50.5 Å². The second kappa shape index (κ2) is 8.93. The van der Waals surface area contributed by atoms with E-state index in [2.05, 4.69) is 28.0 Å². The highest BCUT2D eigenvalue weighted by atomic mass is 32.2. The van der Waals surface area contributed by atoms with Crippen molar-refractivity contribution < 1.29 is 9.15 Å². The highest BCUT2D eigenvalue weighted by Gasteiger charge is 2.19. The lowest BCUT2D eigenvalue weighted by atomic mass is 10.1. The van der Waals surface area contributed by atoms with Gasteiger partial charge in [0.2, 0.25) is 0 Å². The topological polar surface area (TPSA) is 45.9 Å². The Labute approximate surface area is 175 Å². The van der Waals surface area contributed by atoms with E-state index in [0.717, 1.165) is 60.1 Å². The summed E-state index contributed by atoms with van der Waals surface area (Å²) in [5.74, 6) is 1.95. The average molecular weight is 411 g/mol. The van der Waals surface area contributed by atoms with Gasteiger partial charge in [-0.2, -0.15) is 0 Å². The molecule has 6 heteroatoms. The molecule has 152 valence electrons. The third-order valence-electron chi connectivity index (χ3n) is 5.40. The molecule has 1 aliphatic heterocycles. The van der Waals surface area contributed by atoms with Crippen LogP contribution in [0.1, 0.15) is 5.56 Å². The standard InChI is InChI=1S/C23H26N2O3S/c1-17-15-23(26)28-22-16-18(7-8-19(17)22)29-14-13-24-9-11-25(12-10-24)20-5-3-4-6-21(20)27-2/h3-8,15-16H,9-14H2,1-2H3. The van der Waals surface area contributed by atoms with E-state index in [9.17, 15) is 4.79 Å². The van der Waals surface area contributed by atoms with Gasteiger partial charge in [-0.3, -0.25) is 4.90 Å². The first kappa shape index (κ1) is 19.9. The molecular formula is C23H26N2O3S. The highest BCUT2D eigenvalue weighted by molar-refractivity contribution is 7.99. The predicted molar refractivity (Wildman–Crippen MR) is 120 cm³/mol. The lowest BCUT2D eigenvalue weighted by molar-refractivity contribution is 0.272. The molecular weight excluding hydrogens is 384 g/mol. The third-order valence-corrected chi connectivity index (χ3v) is 6.37. The highest BCUT2D eigenvalue weighted by Crippen LogP contribution is 2.29. The molecule has 0 spiro atoms. The number of thioether (sulfide) groups is 1. The lowest BCUT2D eigenvalue weighted by Gasteiger charge is -2.36. The fourth-order valence-corrected chi connectivity index (χ4v) is 4.73. The van der Waals surface area contributed by atoms with Crippen LogP contribution < -0.4 is 15.3 Å². The Hall–Kier alpha value is -2.44. The van der Waals surface area contributed by atoms with Gasteiger partial charge >= 0.3 is 5.63 Å². The molecule has 2 aromatic carbocycles. The maximum absolute atomic E-state index is 11.6. The number of aryl methyl sites for hydroxylation is 1. The van der Waals surface area contributed by atoms with Gasteiger partial charge in [0.05, 0.1) is 12.8 Å². The third kappa shape index (κ3) is 4.60. The van der Waals surface area contributed by atoms with Gasteiger partial charge < -0.3 is 14.1 Å². The van der Waals surface area contributed by atoms with Gasteiger partial charge in [-0.15, -0.1) is 11.8 Å². The zero-order chi connectivity index (χ0) is 20.2. The van der Waals surface area contributed by atoms with Crippen LogP contribution >= 0.6 is 11.8 Å². The number of piperazine rings is 1. The number of hydrogen-bond donors (Lipinski definition) is 0. The fraction of sp³-hybridized carbons (Fsp3) is 0.348. The van der Waals surface area contributed by atoms with Gasteiger partial charge in [-0.05, 0) is 42.8 Å². The zero-order valence-corrected chi connectivity index (χ0v) is 17.7. The van der Waals surface area contributed by atoms with E-state index in [1.54, 1.807) is 24.9 Å². The molecule has 0 radical (unpaired) electrons. The van der Waals surface area contributed by atoms with E-state index >= 15 is 0 Å². The number of benzene rings is 2. The van der Waals surface area contributed by atoms with Crippen molar-refractivity contribution in [2.24, 2.45) is 0 Å². The summed E-state index contributed by atoms with van der Waals surface area (Å²) in [6.07, 6.45) is 0. The number of hydrogen-bond acceptors (Lipinski definition) is 6. The van der Waals surface area contributed by atoms with E-state index in [0.29, 0.717) is 5.58 Å². The Bertz CT molecular complexity index is 1040. The maximum atomic E-state index is 11.6. The normalized spacial score (nSPS) is 15.0. The van der Waals surface area contributed by atoms with E-state index in [4.69, 9.17) is 9.15 Å². The quantitative estimate of drug-likeness (QED) is 0.452. The summed E-state index contributed by atoms with van der Waals surface area (Å²) >= 11 is 1.81. The number of methoxy groups -OCH3 is 1. The number of para-hydroxylation sites is 2. The second-order valence-corrected chi connectivity index (χ2v) is 8.42. The molecule has 3 aromatic rings. The minimum Gasteiger partial charge on any atom is -0.495 e. The number of fused-ring (bicyclic) bond motifs is 1. The van der Waals surface area contributed by atoms with Gasteiger partial charge in [-0.25, -0.2) is 4.79 Å². The number of nitrogens with zero attached hydrogens (tertiary/aromatic N) is 2. The van der Waals surface area contributed by atoms with Crippen molar-refractivity contribution in [3.8, 4) is 5.75 Å². The molecule has 5 nitrogen and oxygen atoms in total. The zero-order valence-electron chi connectivity index (χ0n) is 16.9. The molecule has 0 aliphatic carbocycles.